The summed E-state index contributed by atoms with van der Waals surface area (Å²) in [7, 11) is 0. The van der Waals surface area contributed by atoms with Crippen molar-refractivity contribution in [2.75, 3.05) is 32.3 Å². The van der Waals surface area contributed by atoms with Crippen LogP contribution in [0.25, 0.3) is 0 Å². The lowest BCUT2D eigenvalue weighted by molar-refractivity contribution is 0.0113. The smallest absolute Gasteiger partial charge is 0.122 e. The van der Waals surface area contributed by atoms with E-state index in [0.29, 0.717) is 31.6 Å². The molecule has 1 N–H and O–H groups in total. The van der Waals surface area contributed by atoms with Gasteiger partial charge in [-0.1, -0.05) is 58.4 Å². The van der Waals surface area contributed by atoms with Gasteiger partial charge in [0, 0.05) is 23.8 Å². The molecule has 0 amide bonds. The lowest BCUT2D eigenvalue weighted by atomic mass is 9.77. The van der Waals surface area contributed by atoms with Crippen molar-refractivity contribution in [3.8, 4) is 11.5 Å². The van der Waals surface area contributed by atoms with E-state index in [0.717, 1.165) is 29.9 Å². The molecule has 2 atom stereocenters. The summed E-state index contributed by atoms with van der Waals surface area (Å²) in [5, 5.41) is 10.0. The number of ether oxygens (including phenoxy) is 3. The van der Waals surface area contributed by atoms with Gasteiger partial charge in [-0.2, -0.15) is 0 Å². The molecule has 32 heavy (non-hydrogen) atoms. The molecular formula is C27H39ClO4. The summed E-state index contributed by atoms with van der Waals surface area (Å²) in [4.78, 5) is 0. The summed E-state index contributed by atoms with van der Waals surface area (Å²) in [6.45, 7) is 12.5. The largest absolute Gasteiger partial charge is 0.493 e. The van der Waals surface area contributed by atoms with Crippen LogP contribution in [0, 0.1) is 12.8 Å². The number of hydrogen-bond donors (Lipinski definition) is 1. The molecule has 0 bridgehead atoms. The number of hydrogen-bond acceptors (Lipinski definition) is 4. The Morgan fingerprint density at radius 1 is 0.969 bits per heavy atom. The number of rotatable bonds is 14. The minimum Gasteiger partial charge on any atom is -0.493 e. The highest BCUT2D eigenvalue weighted by Crippen LogP contribution is 2.34. The third kappa shape index (κ3) is 7.99. The zero-order chi connectivity index (χ0) is 23.6. The van der Waals surface area contributed by atoms with E-state index in [1.165, 1.54) is 11.1 Å². The zero-order valence-electron chi connectivity index (χ0n) is 20.2. The number of unbranched alkanes of at least 4 members (excludes halogenated alkanes) is 1. The Kier molecular flexibility index (Phi) is 10.8. The van der Waals surface area contributed by atoms with Crippen LogP contribution in [0.4, 0.5) is 0 Å². The van der Waals surface area contributed by atoms with Crippen LogP contribution in [0.2, 0.25) is 0 Å². The van der Waals surface area contributed by atoms with Crippen molar-refractivity contribution in [2.45, 2.75) is 59.0 Å². The fourth-order valence-corrected chi connectivity index (χ4v) is 3.41. The van der Waals surface area contributed by atoms with Gasteiger partial charge in [0.1, 0.15) is 24.2 Å². The molecule has 0 aliphatic rings. The Bertz CT molecular complexity index is 804. The topological polar surface area (TPSA) is 47.9 Å². The molecule has 2 rings (SSSR count). The fourth-order valence-electron chi connectivity index (χ4n) is 3.32. The van der Waals surface area contributed by atoms with Crippen LogP contribution < -0.4 is 9.47 Å². The van der Waals surface area contributed by atoms with Crippen molar-refractivity contribution in [1.29, 1.82) is 0 Å². The van der Waals surface area contributed by atoms with Gasteiger partial charge in [0.05, 0.1) is 13.2 Å². The van der Waals surface area contributed by atoms with E-state index in [9.17, 15) is 5.11 Å². The second-order valence-corrected chi connectivity index (χ2v) is 9.40. The molecule has 5 heteroatoms. The van der Waals surface area contributed by atoms with Crippen LogP contribution >= 0.6 is 11.6 Å². The Balaban J connectivity index is 1.96. The summed E-state index contributed by atoms with van der Waals surface area (Å²) in [5.41, 5.74) is 3.36. The lowest BCUT2D eigenvalue weighted by Crippen LogP contribution is -2.23. The highest BCUT2D eigenvalue weighted by molar-refractivity contribution is 6.18. The molecule has 4 nitrogen and oxygen atoms in total. The molecule has 0 aliphatic carbocycles. The van der Waals surface area contributed by atoms with Crippen molar-refractivity contribution in [3.63, 3.8) is 0 Å². The highest BCUT2D eigenvalue weighted by atomic mass is 35.5. The maximum absolute atomic E-state index is 10.0. The van der Waals surface area contributed by atoms with Gasteiger partial charge in [-0.15, -0.1) is 11.6 Å². The molecule has 0 saturated carbocycles. The van der Waals surface area contributed by atoms with Gasteiger partial charge >= 0.3 is 0 Å². The third-order valence-corrected chi connectivity index (χ3v) is 6.18. The second kappa shape index (κ2) is 13.1. The van der Waals surface area contributed by atoms with Crippen LogP contribution in [-0.2, 0) is 10.2 Å². The van der Waals surface area contributed by atoms with E-state index in [4.69, 9.17) is 25.8 Å². The van der Waals surface area contributed by atoms with Crippen LogP contribution in [0.1, 0.15) is 57.2 Å². The Hall–Kier alpha value is -1.75. The van der Waals surface area contributed by atoms with Crippen LogP contribution in [-0.4, -0.2) is 43.5 Å². The minimum absolute atomic E-state index is 0.169. The molecule has 0 heterocycles. The second-order valence-electron chi connectivity index (χ2n) is 9.09. The van der Waals surface area contributed by atoms with E-state index in [1.807, 2.05) is 12.1 Å². The number of aryl methyl sites for hydroxylation is 1. The summed E-state index contributed by atoms with van der Waals surface area (Å²) < 4.78 is 17.1. The van der Waals surface area contributed by atoms with Crippen molar-refractivity contribution >= 4 is 11.6 Å². The molecule has 0 spiro atoms. The molecule has 0 aromatic heterocycles. The fraction of sp³-hybridized carbons (Fsp3) is 0.556. The van der Waals surface area contributed by atoms with Crippen molar-refractivity contribution < 1.29 is 19.3 Å². The molecule has 0 unspecified atom stereocenters. The van der Waals surface area contributed by atoms with E-state index in [-0.39, 0.29) is 12.0 Å². The number of benzene rings is 2. The maximum atomic E-state index is 10.0. The van der Waals surface area contributed by atoms with Crippen LogP contribution in [0.5, 0.6) is 11.5 Å². The summed E-state index contributed by atoms with van der Waals surface area (Å²) in [5.74, 6) is 2.56. The first-order chi connectivity index (χ1) is 15.3. The van der Waals surface area contributed by atoms with Crippen molar-refractivity contribution in [3.05, 3.63) is 59.2 Å². The predicted molar refractivity (Wildman–Crippen MR) is 132 cm³/mol. The van der Waals surface area contributed by atoms with Crippen molar-refractivity contribution in [2.24, 2.45) is 5.92 Å². The molecule has 2 aromatic rings. The average Bonchev–Trinajstić information content (AvgIpc) is 2.79. The SMILES string of the molecule is CCCCOC[C@@H](O)COc1ccc(C(C)(C)c2ccc(OC[C@H](C)CCl)c(C)c2)cc1. The molecular weight excluding hydrogens is 424 g/mol. The summed E-state index contributed by atoms with van der Waals surface area (Å²) >= 11 is 5.88. The number of aliphatic hydroxyl groups is 1. The Labute approximate surface area is 198 Å². The Morgan fingerprint density at radius 2 is 1.66 bits per heavy atom. The molecule has 0 radical (unpaired) electrons. The standard InChI is InChI=1S/C27H39ClO4/c1-6-7-14-30-18-24(29)19-31-25-11-8-22(9-12-25)27(4,5)23-10-13-26(21(3)15-23)32-17-20(2)16-28/h8-13,15,20,24,29H,6-7,14,16-19H2,1-5H3/t20-,24-/m1/s1. The average molecular weight is 463 g/mol. The maximum Gasteiger partial charge on any atom is 0.122 e. The Morgan fingerprint density at radius 3 is 2.28 bits per heavy atom. The third-order valence-electron chi connectivity index (χ3n) is 5.65. The lowest BCUT2D eigenvalue weighted by Gasteiger charge is -2.27. The first kappa shape index (κ1) is 26.5. The van der Waals surface area contributed by atoms with Gasteiger partial charge in [-0.25, -0.2) is 0 Å². The zero-order valence-corrected chi connectivity index (χ0v) is 21.0. The quantitative estimate of drug-likeness (QED) is 0.271. The number of halogens is 1. The van der Waals surface area contributed by atoms with Gasteiger partial charge in [-0.05, 0) is 48.2 Å². The predicted octanol–water partition coefficient (Wildman–Crippen LogP) is 6.13. The first-order valence-electron chi connectivity index (χ1n) is 11.6. The molecule has 0 aliphatic heterocycles. The molecule has 178 valence electrons. The van der Waals surface area contributed by atoms with E-state index >= 15 is 0 Å². The van der Waals surface area contributed by atoms with Gasteiger partial charge in [-0.3, -0.25) is 0 Å². The van der Waals surface area contributed by atoms with E-state index in [1.54, 1.807) is 0 Å². The summed E-state index contributed by atoms with van der Waals surface area (Å²) in [6.07, 6.45) is 1.47. The van der Waals surface area contributed by atoms with Crippen LogP contribution in [0.15, 0.2) is 42.5 Å². The van der Waals surface area contributed by atoms with E-state index < -0.39 is 6.10 Å². The monoisotopic (exact) mass is 462 g/mol. The minimum atomic E-state index is -0.626. The number of alkyl halides is 1. The van der Waals surface area contributed by atoms with Gasteiger partial charge in [0.2, 0.25) is 0 Å². The highest BCUT2D eigenvalue weighted by Gasteiger charge is 2.24. The van der Waals surface area contributed by atoms with Gasteiger partial charge < -0.3 is 19.3 Å². The summed E-state index contributed by atoms with van der Waals surface area (Å²) in [6, 6.07) is 14.5. The van der Waals surface area contributed by atoms with E-state index in [2.05, 4.69) is 65.0 Å². The molecule has 0 fully saturated rings. The first-order valence-corrected chi connectivity index (χ1v) is 12.1. The van der Waals surface area contributed by atoms with Crippen molar-refractivity contribution in [1.82, 2.24) is 0 Å². The number of aliphatic hydroxyl groups excluding tert-OH is 1. The molecule has 2 aromatic carbocycles. The molecule has 0 saturated heterocycles. The van der Waals surface area contributed by atoms with Gasteiger partial charge in [0.25, 0.3) is 0 Å². The van der Waals surface area contributed by atoms with Crippen LogP contribution in [0.3, 0.4) is 0 Å². The van der Waals surface area contributed by atoms with Gasteiger partial charge in [0.15, 0.2) is 0 Å². The normalized spacial score (nSPS) is 13.6.